The zero-order valence-electron chi connectivity index (χ0n) is 12.2. The average Bonchev–Trinajstić information content (AvgIpc) is 2.49. The van der Waals surface area contributed by atoms with Crippen molar-refractivity contribution in [3.8, 4) is 11.9 Å². The van der Waals surface area contributed by atoms with E-state index in [0.29, 0.717) is 21.8 Å². The van der Waals surface area contributed by atoms with Crippen LogP contribution in [0.4, 0.5) is 5.69 Å². The van der Waals surface area contributed by atoms with Gasteiger partial charge in [-0.15, -0.1) is 0 Å². The highest BCUT2D eigenvalue weighted by atomic mass is 35.5. The van der Waals surface area contributed by atoms with Gasteiger partial charge in [0, 0.05) is 12.8 Å². The van der Waals surface area contributed by atoms with Crippen molar-refractivity contribution in [1.29, 1.82) is 5.26 Å². The monoisotopic (exact) mass is 315 g/mol. The fraction of sp³-hybridized carbons (Fsp3) is 0.188. The van der Waals surface area contributed by atoms with Crippen LogP contribution in [0.3, 0.4) is 0 Å². The molecule has 1 aromatic carbocycles. The minimum atomic E-state index is -0.505. The molecule has 0 amide bonds. The zero-order chi connectivity index (χ0) is 16.3. The molecule has 2 rings (SSSR count). The molecule has 0 saturated heterocycles. The molecule has 1 heterocycles. The Labute approximate surface area is 132 Å². The summed E-state index contributed by atoms with van der Waals surface area (Å²) >= 11 is 6.03. The molecular weight excluding hydrogens is 302 g/mol. The largest absolute Gasteiger partial charge is 0.494 e. The summed E-state index contributed by atoms with van der Waals surface area (Å²) in [6, 6.07) is 8.89. The third kappa shape index (κ3) is 2.74. The van der Waals surface area contributed by atoms with Crippen LogP contribution in [0.25, 0.3) is 0 Å². The number of rotatable bonds is 3. The van der Waals surface area contributed by atoms with Crippen LogP contribution >= 0.6 is 11.6 Å². The first kappa shape index (κ1) is 15.8. The maximum absolute atomic E-state index is 12.1. The third-order valence-corrected chi connectivity index (χ3v) is 3.67. The van der Waals surface area contributed by atoms with Crippen LogP contribution < -0.4 is 5.56 Å². The number of hydrogen-bond donors (Lipinski definition) is 1. The van der Waals surface area contributed by atoms with Crippen LogP contribution in [-0.2, 0) is 6.54 Å². The van der Waals surface area contributed by atoms with Crippen LogP contribution in [0, 0.1) is 18.3 Å². The molecule has 22 heavy (non-hydrogen) atoms. The fourth-order valence-corrected chi connectivity index (χ4v) is 2.29. The molecule has 0 atom stereocenters. The Hall–Kier alpha value is -2.58. The summed E-state index contributed by atoms with van der Waals surface area (Å²) in [7, 11) is 0. The number of aromatic hydroxyl groups is 1. The second-order valence-electron chi connectivity index (χ2n) is 4.61. The molecule has 0 aliphatic rings. The van der Waals surface area contributed by atoms with Gasteiger partial charge >= 0.3 is 0 Å². The SMILES string of the molecule is CCn1c(O)c(C=Nc2ccccc2Cl)c(C)c(C#N)c1=O. The second kappa shape index (κ2) is 6.46. The molecule has 0 unspecified atom stereocenters. The Morgan fingerprint density at radius 3 is 2.73 bits per heavy atom. The van der Waals surface area contributed by atoms with Crippen molar-refractivity contribution in [2.75, 3.05) is 0 Å². The van der Waals surface area contributed by atoms with E-state index in [1.165, 1.54) is 6.21 Å². The lowest BCUT2D eigenvalue weighted by Gasteiger charge is -2.12. The summed E-state index contributed by atoms with van der Waals surface area (Å²) in [4.78, 5) is 16.3. The van der Waals surface area contributed by atoms with Crippen LogP contribution in [-0.4, -0.2) is 15.9 Å². The topological polar surface area (TPSA) is 78.4 Å². The summed E-state index contributed by atoms with van der Waals surface area (Å²) in [6.45, 7) is 3.58. The maximum Gasteiger partial charge on any atom is 0.271 e. The smallest absolute Gasteiger partial charge is 0.271 e. The van der Waals surface area contributed by atoms with Gasteiger partial charge in [0.1, 0.15) is 11.6 Å². The lowest BCUT2D eigenvalue weighted by atomic mass is 10.1. The van der Waals surface area contributed by atoms with Gasteiger partial charge in [0.05, 0.1) is 16.3 Å². The molecule has 1 N–H and O–H groups in total. The van der Waals surface area contributed by atoms with Crippen molar-refractivity contribution in [2.24, 2.45) is 4.99 Å². The highest BCUT2D eigenvalue weighted by Crippen LogP contribution is 2.25. The molecule has 0 saturated carbocycles. The number of aromatic nitrogens is 1. The summed E-state index contributed by atoms with van der Waals surface area (Å²) in [5.74, 6) is -0.209. The first-order chi connectivity index (χ1) is 10.5. The predicted molar refractivity (Wildman–Crippen MR) is 86.2 cm³/mol. The number of aliphatic imine (C=N–C) groups is 1. The summed E-state index contributed by atoms with van der Waals surface area (Å²) in [5, 5.41) is 19.9. The first-order valence-electron chi connectivity index (χ1n) is 6.66. The highest BCUT2D eigenvalue weighted by Gasteiger charge is 2.16. The number of benzene rings is 1. The van der Waals surface area contributed by atoms with Gasteiger partial charge < -0.3 is 5.11 Å². The van der Waals surface area contributed by atoms with Crippen LogP contribution in [0.2, 0.25) is 5.02 Å². The van der Waals surface area contributed by atoms with Crippen molar-refractivity contribution >= 4 is 23.5 Å². The molecule has 6 heteroatoms. The van der Waals surface area contributed by atoms with E-state index in [-0.39, 0.29) is 18.0 Å². The van der Waals surface area contributed by atoms with Crippen LogP contribution in [0.1, 0.15) is 23.6 Å². The molecule has 112 valence electrons. The van der Waals surface area contributed by atoms with E-state index < -0.39 is 5.56 Å². The van der Waals surface area contributed by atoms with Crippen molar-refractivity contribution in [3.63, 3.8) is 0 Å². The molecule has 0 aliphatic heterocycles. The molecule has 0 bridgehead atoms. The van der Waals surface area contributed by atoms with Crippen molar-refractivity contribution in [2.45, 2.75) is 20.4 Å². The normalized spacial score (nSPS) is 10.8. The standard InChI is InChI=1S/C16H14ClN3O2/c1-3-20-15(21)11(8-18)10(2)12(16(20)22)9-19-14-7-5-4-6-13(14)17/h4-7,9,22H,3H2,1-2H3. The van der Waals surface area contributed by atoms with Crippen molar-refractivity contribution < 1.29 is 5.11 Å². The predicted octanol–water partition coefficient (Wildman–Crippen LogP) is 3.16. The summed E-state index contributed by atoms with van der Waals surface area (Å²) in [5.41, 5.74) is 0.759. The molecule has 1 aromatic heterocycles. The Kier molecular flexibility index (Phi) is 4.64. The zero-order valence-corrected chi connectivity index (χ0v) is 12.9. The van der Waals surface area contributed by atoms with Crippen molar-refractivity contribution in [1.82, 2.24) is 4.57 Å². The fourth-order valence-electron chi connectivity index (χ4n) is 2.11. The molecule has 0 aliphatic carbocycles. The number of halogens is 1. The van der Waals surface area contributed by atoms with Gasteiger partial charge in [0.25, 0.3) is 5.56 Å². The van der Waals surface area contributed by atoms with Gasteiger partial charge in [-0.3, -0.25) is 14.4 Å². The molecular formula is C16H14ClN3O2. The van der Waals surface area contributed by atoms with Gasteiger partial charge in [-0.25, -0.2) is 0 Å². The quantitative estimate of drug-likeness (QED) is 0.884. The number of nitrogens with zero attached hydrogens (tertiary/aromatic N) is 3. The van der Waals surface area contributed by atoms with E-state index >= 15 is 0 Å². The van der Waals surface area contributed by atoms with E-state index in [0.717, 1.165) is 4.57 Å². The minimum Gasteiger partial charge on any atom is -0.494 e. The number of pyridine rings is 1. The van der Waals surface area contributed by atoms with E-state index in [2.05, 4.69) is 4.99 Å². The lowest BCUT2D eigenvalue weighted by Crippen LogP contribution is -2.24. The van der Waals surface area contributed by atoms with Crippen molar-refractivity contribution in [3.05, 3.63) is 56.3 Å². The second-order valence-corrected chi connectivity index (χ2v) is 5.02. The van der Waals surface area contributed by atoms with E-state index in [1.54, 1.807) is 38.1 Å². The molecule has 0 radical (unpaired) electrons. The molecule has 0 fully saturated rings. The molecule has 0 spiro atoms. The first-order valence-corrected chi connectivity index (χ1v) is 7.04. The van der Waals surface area contributed by atoms with Gasteiger partial charge in [0.2, 0.25) is 5.88 Å². The van der Waals surface area contributed by atoms with Gasteiger partial charge in [0.15, 0.2) is 0 Å². The Morgan fingerprint density at radius 1 is 1.45 bits per heavy atom. The van der Waals surface area contributed by atoms with Crippen LogP contribution in [0.5, 0.6) is 5.88 Å². The third-order valence-electron chi connectivity index (χ3n) is 3.35. The van der Waals surface area contributed by atoms with Gasteiger partial charge in [-0.05, 0) is 31.5 Å². The minimum absolute atomic E-state index is 0.000239. The van der Waals surface area contributed by atoms with Crippen LogP contribution in [0.15, 0.2) is 34.1 Å². The maximum atomic E-state index is 12.1. The Balaban J connectivity index is 2.64. The average molecular weight is 316 g/mol. The number of nitriles is 1. The number of para-hydroxylation sites is 1. The van der Waals surface area contributed by atoms with E-state index in [4.69, 9.17) is 16.9 Å². The Bertz CT molecular complexity index is 848. The number of hydrogen-bond acceptors (Lipinski definition) is 4. The highest BCUT2D eigenvalue weighted by molar-refractivity contribution is 6.33. The molecule has 5 nitrogen and oxygen atoms in total. The van der Waals surface area contributed by atoms with E-state index in [9.17, 15) is 9.90 Å². The Morgan fingerprint density at radius 2 is 2.14 bits per heavy atom. The summed E-state index contributed by atoms with van der Waals surface area (Å²) < 4.78 is 1.14. The van der Waals surface area contributed by atoms with Gasteiger partial charge in [-0.2, -0.15) is 5.26 Å². The van der Waals surface area contributed by atoms with E-state index in [1.807, 2.05) is 6.07 Å². The molecule has 2 aromatic rings. The summed E-state index contributed by atoms with van der Waals surface area (Å²) in [6.07, 6.45) is 1.42. The lowest BCUT2D eigenvalue weighted by molar-refractivity contribution is 0.409. The van der Waals surface area contributed by atoms with Gasteiger partial charge in [-0.1, -0.05) is 23.7 Å².